The third-order valence-electron chi connectivity index (χ3n) is 2.79. The van der Waals surface area contributed by atoms with E-state index in [4.69, 9.17) is 0 Å². The van der Waals surface area contributed by atoms with E-state index >= 15 is 0 Å². The molecule has 1 rings (SSSR count). The van der Waals surface area contributed by atoms with Gasteiger partial charge in [-0.15, -0.1) is 0 Å². The fourth-order valence-electron chi connectivity index (χ4n) is 1.45. The van der Waals surface area contributed by atoms with Gasteiger partial charge in [0.25, 0.3) is 0 Å². The molecule has 1 aromatic rings. The molecule has 1 N–H and O–H groups in total. The Morgan fingerprint density at radius 1 is 1.26 bits per heavy atom. The number of benzene rings is 1. The van der Waals surface area contributed by atoms with Crippen molar-refractivity contribution in [2.75, 3.05) is 6.26 Å². The molecular weight excluding hydrogens is 276 g/mol. The van der Waals surface area contributed by atoms with Crippen molar-refractivity contribution in [3.8, 4) is 0 Å². The molecule has 0 fully saturated rings. The van der Waals surface area contributed by atoms with Crippen LogP contribution in [0.2, 0.25) is 0 Å². The summed E-state index contributed by atoms with van der Waals surface area (Å²) in [5, 5.41) is 1.10. The first-order valence-electron chi connectivity index (χ1n) is 5.57. The van der Waals surface area contributed by atoms with Gasteiger partial charge in [0.1, 0.15) is 16.9 Å². The van der Waals surface area contributed by atoms with Crippen LogP contribution in [-0.4, -0.2) is 25.8 Å². The van der Waals surface area contributed by atoms with E-state index in [1.807, 2.05) is 0 Å². The van der Waals surface area contributed by atoms with E-state index in [1.165, 1.54) is 13.8 Å². The number of halogens is 2. The van der Waals surface area contributed by atoms with Gasteiger partial charge in [-0.2, -0.15) is 0 Å². The number of sulfone groups is 1. The fourth-order valence-corrected chi connectivity index (χ4v) is 1.91. The van der Waals surface area contributed by atoms with Crippen LogP contribution in [0.15, 0.2) is 18.2 Å². The van der Waals surface area contributed by atoms with Crippen molar-refractivity contribution < 1.29 is 22.0 Å². The van der Waals surface area contributed by atoms with Gasteiger partial charge in [-0.25, -0.2) is 17.2 Å². The van der Waals surface area contributed by atoms with E-state index in [0.717, 1.165) is 24.5 Å². The van der Waals surface area contributed by atoms with Gasteiger partial charge in [0.2, 0.25) is 5.91 Å². The van der Waals surface area contributed by atoms with Crippen LogP contribution in [0.25, 0.3) is 0 Å². The van der Waals surface area contributed by atoms with Crippen molar-refractivity contribution in [1.29, 1.82) is 0 Å². The van der Waals surface area contributed by atoms with Gasteiger partial charge in [-0.05, 0) is 32.0 Å². The Morgan fingerprint density at radius 3 is 2.37 bits per heavy atom. The third-order valence-corrected chi connectivity index (χ3v) is 4.29. The maximum absolute atomic E-state index is 13.5. The number of carbonyl (C=O) groups excluding carboxylic acids is 1. The third kappa shape index (κ3) is 3.99. The molecule has 19 heavy (non-hydrogen) atoms. The van der Waals surface area contributed by atoms with E-state index < -0.39 is 38.7 Å². The van der Waals surface area contributed by atoms with Gasteiger partial charge in [-0.3, -0.25) is 4.79 Å². The Labute approximate surface area is 110 Å². The zero-order chi connectivity index (χ0) is 14.8. The minimum Gasteiger partial charge on any atom is -0.348 e. The molecule has 0 bridgehead atoms. The number of carbonyl (C=O) groups is 1. The lowest BCUT2D eigenvalue weighted by Crippen LogP contribution is -2.38. The molecule has 0 aliphatic heterocycles. The van der Waals surface area contributed by atoms with Crippen molar-refractivity contribution >= 4 is 15.7 Å². The number of hydrogen-bond donors (Lipinski definition) is 1. The molecule has 0 heterocycles. The molecule has 0 unspecified atom stereocenters. The predicted molar refractivity (Wildman–Crippen MR) is 67.2 cm³/mol. The number of amides is 1. The molecule has 0 radical (unpaired) electrons. The topological polar surface area (TPSA) is 63.2 Å². The van der Waals surface area contributed by atoms with Crippen molar-refractivity contribution in [3.05, 3.63) is 35.4 Å². The summed E-state index contributed by atoms with van der Waals surface area (Å²) in [6.45, 7) is 2.68. The second-order valence-corrected chi connectivity index (χ2v) is 6.73. The Hall–Kier alpha value is -1.50. The molecule has 1 amide bonds. The monoisotopic (exact) mass is 291 g/mol. The van der Waals surface area contributed by atoms with Crippen molar-refractivity contribution in [2.24, 2.45) is 0 Å². The maximum Gasteiger partial charge on any atom is 0.238 e. The minimum atomic E-state index is -3.53. The average Bonchev–Trinajstić information content (AvgIpc) is 2.29. The first kappa shape index (κ1) is 15.6. The molecule has 2 atom stereocenters. The second kappa shape index (κ2) is 5.64. The van der Waals surface area contributed by atoms with Crippen LogP contribution < -0.4 is 5.32 Å². The summed E-state index contributed by atoms with van der Waals surface area (Å²) in [4.78, 5) is 11.7. The number of hydrogen-bond acceptors (Lipinski definition) is 3. The summed E-state index contributed by atoms with van der Waals surface area (Å²) < 4.78 is 48.9. The SMILES string of the molecule is C[C@H](NC(=O)[C@@H](C)S(C)(=O)=O)c1cc(F)ccc1F. The molecular formula is C12H15F2NO3S. The van der Waals surface area contributed by atoms with Crippen LogP contribution in [-0.2, 0) is 14.6 Å². The largest absolute Gasteiger partial charge is 0.348 e. The van der Waals surface area contributed by atoms with Crippen molar-refractivity contribution in [2.45, 2.75) is 25.1 Å². The highest BCUT2D eigenvalue weighted by atomic mass is 32.2. The minimum absolute atomic E-state index is 0.0333. The summed E-state index contributed by atoms with van der Waals surface area (Å²) in [5.74, 6) is -2.05. The normalized spacial score (nSPS) is 14.8. The molecule has 4 nitrogen and oxygen atoms in total. The summed E-state index contributed by atoms with van der Waals surface area (Å²) in [6, 6.07) is 2.05. The van der Waals surface area contributed by atoms with Crippen LogP contribution in [0.1, 0.15) is 25.5 Å². The van der Waals surface area contributed by atoms with Gasteiger partial charge in [-0.1, -0.05) is 0 Å². The van der Waals surface area contributed by atoms with E-state index in [-0.39, 0.29) is 5.56 Å². The number of rotatable bonds is 4. The smallest absolute Gasteiger partial charge is 0.238 e. The van der Waals surface area contributed by atoms with E-state index in [2.05, 4.69) is 5.32 Å². The highest BCUT2D eigenvalue weighted by Gasteiger charge is 2.25. The maximum atomic E-state index is 13.5. The van der Waals surface area contributed by atoms with Crippen LogP contribution in [0.3, 0.4) is 0 Å². The second-order valence-electron chi connectivity index (χ2n) is 4.37. The molecule has 0 saturated heterocycles. The lowest BCUT2D eigenvalue weighted by atomic mass is 10.1. The van der Waals surface area contributed by atoms with Crippen molar-refractivity contribution in [1.82, 2.24) is 5.32 Å². The summed E-state index contributed by atoms with van der Waals surface area (Å²) in [7, 11) is -3.53. The highest BCUT2D eigenvalue weighted by molar-refractivity contribution is 7.92. The Balaban J connectivity index is 2.88. The van der Waals surface area contributed by atoms with Crippen LogP contribution in [0, 0.1) is 11.6 Å². The average molecular weight is 291 g/mol. The van der Waals surface area contributed by atoms with Gasteiger partial charge < -0.3 is 5.32 Å². The van der Waals surface area contributed by atoms with Gasteiger partial charge in [0.05, 0.1) is 6.04 Å². The Kier molecular flexibility index (Phi) is 4.62. The quantitative estimate of drug-likeness (QED) is 0.916. The Morgan fingerprint density at radius 2 is 1.84 bits per heavy atom. The molecule has 1 aromatic carbocycles. The highest BCUT2D eigenvalue weighted by Crippen LogP contribution is 2.18. The Bertz CT molecular complexity index is 587. The zero-order valence-corrected chi connectivity index (χ0v) is 11.6. The van der Waals surface area contributed by atoms with E-state index in [0.29, 0.717) is 0 Å². The molecule has 0 spiro atoms. The van der Waals surface area contributed by atoms with Gasteiger partial charge >= 0.3 is 0 Å². The molecule has 0 aliphatic carbocycles. The molecule has 106 valence electrons. The van der Waals surface area contributed by atoms with Gasteiger partial charge in [0, 0.05) is 11.8 Å². The van der Waals surface area contributed by atoms with Crippen LogP contribution in [0.4, 0.5) is 8.78 Å². The number of nitrogens with one attached hydrogen (secondary N) is 1. The molecule has 0 aliphatic rings. The van der Waals surface area contributed by atoms with E-state index in [9.17, 15) is 22.0 Å². The first-order chi connectivity index (χ1) is 8.62. The van der Waals surface area contributed by atoms with E-state index in [1.54, 1.807) is 0 Å². The molecule has 0 aromatic heterocycles. The molecule has 0 saturated carbocycles. The summed E-state index contributed by atoms with van der Waals surface area (Å²) >= 11 is 0. The van der Waals surface area contributed by atoms with Crippen molar-refractivity contribution in [3.63, 3.8) is 0 Å². The summed E-state index contributed by atoms with van der Waals surface area (Å²) in [5.41, 5.74) is -0.0333. The lowest BCUT2D eigenvalue weighted by Gasteiger charge is -2.17. The standard InChI is InChI=1S/C12H15F2NO3S/c1-7(10-6-9(13)4-5-11(10)14)15-12(16)8(2)19(3,17)18/h4-8H,1-3H3,(H,15,16)/t7-,8+/m0/s1. The first-order valence-corrected chi connectivity index (χ1v) is 7.52. The van der Waals surface area contributed by atoms with Crippen LogP contribution >= 0.6 is 0 Å². The fraction of sp³-hybridized carbons (Fsp3) is 0.417. The lowest BCUT2D eigenvalue weighted by molar-refractivity contribution is -0.121. The molecule has 7 heteroatoms. The van der Waals surface area contributed by atoms with Gasteiger partial charge in [0.15, 0.2) is 9.84 Å². The predicted octanol–water partition coefficient (Wildman–Crippen LogP) is 1.58. The zero-order valence-electron chi connectivity index (χ0n) is 10.8. The summed E-state index contributed by atoms with van der Waals surface area (Å²) in [6.07, 6.45) is 0.935. The van der Waals surface area contributed by atoms with Crippen LogP contribution in [0.5, 0.6) is 0 Å².